The van der Waals surface area contributed by atoms with Crippen molar-refractivity contribution in [3.8, 4) is 11.4 Å². The standard InChI is InChI=1S/C28H26FN5O4S/c29-23-12-10-21(11-13-23)25-31-27(33-28(32-25)34-15-14-20-8-4-5-9-22(20)16-34)30-24(26(35)36)18-39(37,38)17-19-6-2-1-3-7-19/h1-13,24H,14-18H2,(H,35,36)(H,30,31,32,33). The van der Waals surface area contributed by atoms with E-state index in [9.17, 15) is 22.7 Å². The molecule has 0 amide bonds. The van der Waals surface area contributed by atoms with Crippen molar-refractivity contribution in [3.05, 3.63) is 101 Å². The number of benzene rings is 3. The van der Waals surface area contributed by atoms with E-state index in [-0.39, 0.29) is 17.5 Å². The second-order valence-corrected chi connectivity index (χ2v) is 11.4. The maximum atomic E-state index is 13.6. The highest BCUT2D eigenvalue weighted by Gasteiger charge is 2.28. The summed E-state index contributed by atoms with van der Waals surface area (Å²) in [6.45, 7) is 1.16. The molecule has 1 unspecified atom stereocenters. The van der Waals surface area contributed by atoms with E-state index in [4.69, 9.17) is 0 Å². The minimum atomic E-state index is -3.80. The molecule has 0 bridgehead atoms. The second-order valence-electron chi connectivity index (χ2n) is 9.31. The number of nitrogens with one attached hydrogen (secondary N) is 1. The summed E-state index contributed by atoms with van der Waals surface area (Å²) in [6.07, 6.45) is 0.770. The molecule has 1 atom stereocenters. The first-order valence-electron chi connectivity index (χ1n) is 12.3. The highest BCUT2D eigenvalue weighted by molar-refractivity contribution is 7.90. The van der Waals surface area contributed by atoms with Gasteiger partial charge >= 0.3 is 5.97 Å². The van der Waals surface area contributed by atoms with Crippen LogP contribution in [0.1, 0.15) is 16.7 Å². The number of carbonyl (C=O) groups is 1. The molecule has 1 aromatic heterocycles. The molecule has 4 aromatic rings. The predicted molar refractivity (Wildman–Crippen MR) is 145 cm³/mol. The van der Waals surface area contributed by atoms with Crippen LogP contribution in [0.3, 0.4) is 0 Å². The van der Waals surface area contributed by atoms with E-state index in [2.05, 4.69) is 26.3 Å². The number of hydrogen-bond donors (Lipinski definition) is 2. The van der Waals surface area contributed by atoms with Crippen LogP contribution in [0.4, 0.5) is 16.3 Å². The third-order valence-corrected chi connectivity index (χ3v) is 8.01. The molecule has 5 rings (SSSR count). The molecule has 1 aliphatic rings. The van der Waals surface area contributed by atoms with E-state index in [0.29, 0.717) is 30.2 Å². The monoisotopic (exact) mass is 547 g/mol. The van der Waals surface area contributed by atoms with Crippen molar-refractivity contribution in [2.45, 2.75) is 24.8 Å². The summed E-state index contributed by atoms with van der Waals surface area (Å²) in [4.78, 5) is 27.5. The number of hydrogen-bond acceptors (Lipinski definition) is 8. The third kappa shape index (κ3) is 6.55. The SMILES string of the molecule is O=C(O)C(CS(=O)(=O)Cc1ccccc1)Nc1nc(-c2ccc(F)cc2)nc(N2CCc3ccccc3C2)n1. The Balaban J connectivity index is 1.45. The van der Waals surface area contributed by atoms with Crippen LogP contribution in [0, 0.1) is 5.82 Å². The van der Waals surface area contributed by atoms with E-state index in [0.717, 1.165) is 12.0 Å². The highest BCUT2D eigenvalue weighted by atomic mass is 32.2. The van der Waals surface area contributed by atoms with Crippen molar-refractivity contribution >= 4 is 27.7 Å². The molecular weight excluding hydrogens is 521 g/mol. The molecule has 2 heterocycles. The maximum Gasteiger partial charge on any atom is 0.327 e. The molecule has 3 aromatic carbocycles. The Kier molecular flexibility index (Phi) is 7.51. The van der Waals surface area contributed by atoms with E-state index >= 15 is 0 Å². The van der Waals surface area contributed by atoms with Gasteiger partial charge in [0.25, 0.3) is 0 Å². The number of carboxylic acid groups (broad SMARTS) is 1. The number of fused-ring (bicyclic) bond motifs is 1. The van der Waals surface area contributed by atoms with Crippen LogP contribution in [-0.2, 0) is 33.4 Å². The van der Waals surface area contributed by atoms with Crippen molar-refractivity contribution in [3.63, 3.8) is 0 Å². The highest BCUT2D eigenvalue weighted by Crippen LogP contribution is 2.25. The predicted octanol–water partition coefficient (Wildman–Crippen LogP) is 3.72. The number of anilines is 2. The summed E-state index contributed by atoms with van der Waals surface area (Å²) >= 11 is 0. The number of aliphatic carboxylic acids is 1. The maximum absolute atomic E-state index is 13.6. The lowest BCUT2D eigenvalue weighted by Gasteiger charge is -2.29. The second kappa shape index (κ2) is 11.2. The summed E-state index contributed by atoms with van der Waals surface area (Å²) in [6, 6.07) is 20.7. The Morgan fingerprint density at radius 2 is 1.64 bits per heavy atom. The fourth-order valence-corrected chi connectivity index (χ4v) is 5.99. The van der Waals surface area contributed by atoms with Gasteiger partial charge < -0.3 is 15.3 Å². The molecule has 11 heteroatoms. The lowest BCUT2D eigenvalue weighted by Crippen LogP contribution is -2.38. The molecule has 0 saturated carbocycles. The Morgan fingerprint density at radius 1 is 0.949 bits per heavy atom. The Labute approximate surface area is 225 Å². The molecule has 200 valence electrons. The van der Waals surface area contributed by atoms with E-state index in [1.807, 2.05) is 23.1 Å². The van der Waals surface area contributed by atoms with E-state index in [1.54, 1.807) is 30.3 Å². The fraction of sp³-hybridized carbons (Fsp3) is 0.214. The van der Waals surface area contributed by atoms with Gasteiger partial charge in [-0.15, -0.1) is 0 Å². The zero-order chi connectivity index (χ0) is 27.4. The van der Waals surface area contributed by atoms with Crippen LogP contribution in [0.15, 0.2) is 78.9 Å². The summed E-state index contributed by atoms with van der Waals surface area (Å²) in [5.41, 5.74) is 3.42. The first-order chi connectivity index (χ1) is 18.8. The number of carboxylic acids is 1. The van der Waals surface area contributed by atoms with Gasteiger partial charge in [0.1, 0.15) is 11.9 Å². The van der Waals surface area contributed by atoms with Crippen molar-refractivity contribution in [2.24, 2.45) is 0 Å². The normalized spacial score (nSPS) is 13.9. The Hall–Kier alpha value is -4.38. The number of sulfone groups is 1. The van der Waals surface area contributed by atoms with Gasteiger partial charge in [0.05, 0.1) is 11.5 Å². The molecule has 0 radical (unpaired) electrons. The number of rotatable bonds is 9. The van der Waals surface area contributed by atoms with E-state index < -0.39 is 33.4 Å². The quantitative estimate of drug-likeness (QED) is 0.322. The minimum Gasteiger partial charge on any atom is -0.480 e. The first kappa shape index (κ1) is 26.2. The van der Waals surface area contributed by atoms with E-state index in [1.165, 1.54) is 29.8 Å². The average molecular weight is 548 g/mol. The van der Waals surface area contributed by atoms with Crippen LogP contribution in [0.2, 0.25) is 0 Å². The zero-order valence-electron chi connectivity index (χ0n) is 20.9. The van der Waals surface area contributed by atoms with Crippen molar-refractivity contribution in [1.82, 2.24) is 15.0 Å². The molecule has 9 nitrogen and oxygen atoms in total. The smallest absolute Gasteiger partial charge is 0.327 e. The van der Waals surface area contributed by atoms with Gasteiger partial charge in [0, 0.05) is 18.7 Å². The topological polar surface area (TPSA) is 125 Å². The van der Waals surface area contributed by atoms with Gasteiger partial charge in [0.2, 0.25) is 11.9 Å². The minimum absolute atomic E-state index is 0.0829. The van der Waals surface area contributed by atoms with Gasteiger partial charge in [-0.2, -0.15) is 15.0 Å². The number of halogens is 1. The fourth-order valence-electron chi connectivity index (χ4n) is 4.44. The van der Waals surface area contributed by atoms with Crippen molar-refractivity contribution < 1.29 is 22.7 Å². The third-order valence-electron chi connectivity index (χ3n) is 6.39. The summed E-state index contributed by atoms with van der Waals surface area (Å²) < 4.78 is 39.3. The molecule has 2 N–H and O–H groups in total. The number of aromatic nitrogens is 3. The lowest BCUT2D eigenvalue weighted by atomic mass is 10.0. The van der Waals surface area contributed by atoms with Gasteiger partial charge in [-0.05, 0) is 47.4 Å². The molecule has 0 fully saturated rings. The molecule has 0 aliphatic carbocycles. The molecule has 39 heavy (non-hydrogen) atoms. The van der Waals surface area contributed by atoms with Gasteiger partial charge in [0.15, 0.2) is 15.7 Å². The largest absolute Gasteiger partial charge is 0.480 e. The molecule has 1 aliphatic heterocycles. The van der Waals surface area contributed by atoms with Crippen LogP contribution >= 0.6 is 0 Å². The van der Waals surface area contributed by atoms with Crippen LogP contribution in [-0.4, -0.2) is 52.8 Å². The first-order valence-corrected chi connectivity index (χ1v) is 14.2. The van der Waals surface area contributed by atoms with Gasteiger partial charge in [-0.3, -0.25) is 0 Å². The molecular formula is C28H26FN5O4S. The average Bonchev–Trinajstić information content (AvgIpc) is 2.93. The zero-order valence-corrected chi connectivity index (χ0v) is 21.7. The van der Waals surface area contributed by atoms with Crippen LogP contribution in [0.25, 0.3) is 11.4 Å². The van der Waals surface area contributed by atoms with Gasteiger partial charge in [-0.1, -0.05) is 54.6 Å². The Bertz CT molecular complexity index is 1580. The molecule has 0 saturated heterocycles. The lowest BCUT2D eigenvalue weighted by molar-refractivity contribution is -0.137. The summed E-state index contributed by atoms with van der Waals surface area (Å²) in [5.74, 6) is -2.31. The van der Waals surface area contributed by atoms with Crippen molar-refractivity contribution in [2.75, 3.05) is 22.5 Å². The summed E-state index contributed by atoms with van der Waals surface area (Å²) in [5, 5.41) is 12.6. The van der Waals surface area contributed by atoms with Crippen LogP contribution < -0.4 is 10.2 Å². The van der Waals surface area contributed by atoms with Crippen LogP contribution in [0.5, 0.6) is 0 Å². The van der Waals surface area contributed by atoms with Gasteiger partial charge in [-0.25, -0.2) is 17.6 Å². The van der Waals surface area contributed by atoms with Crippen molar-refractivity contribution in [1.29, 1.82) is 0 Å². The molecule has 0 spiro atoms. The Morgan fingerprint density at radius 3 is 2.36 bits per heavy atom. The number of nitrogens with zero attached hydrogens (tertiary/aromatic N) is 4. The summed E-state index contributed by atoms with van der Waals surface area (Å²) in [7, 11) is -3.80.